The van der Waals surface area contributed by atoms with E-state index in [0.717, 1.165) is 0 Å². The number of carboxylic acids is 2. The number of esters is 1. The van der Waals surface area contributed by atoms with Gasteiger partial charge in [0.25, 0.3) is 0 Å². The van der Waals surface area contributed by atoms with Gasteiger partial charge < -0.3 is 24.3 Å². The summed E-state index contributed by atoms with van der Waals surface area (Å²) in [6.07, 6.45) is 0. The molecule has 0 fully saturated rings. The number of ether oxygens (including phenoxy) is 1. The van der Waals surface area contributed by atoms with Crippen LogP contribution in [0.25, 0.3) is 0 Å². The van der Waals surface area contributed by atoms with Gasteiger partial charge in [0.2, 0.25) is 9.23 Å². The first kappa shape index (κ1) is 29.9. The number of aliphatic hydroxyl groups is 1. The van der Waals surface area contributed by atoms with E-state index in [1.165, 1.54) is 79.9 Å². The number of carbonyl (C=O) groups is 4. The first-order valence-electron chi connectivity index (χ1n) is 14.4. The van der Waals surface area contributed by atoms with Crippen molar-refractivity contribution in [1.29, 1.82) is 5.34 Å². The number of halogens is 4. The maximum atomic E-state index is 10.9. The van der Waals surface area contributed by atoms with Crippen molar-refractivity contribution in [1.82, 2.24) is 0 Å². The van der Waals surface area contributed by atoms with E-state index < -0.39 is 53.8 Å². The molecule has 0 unspecified atom stereocenters. The smallest absolute Gasteiger partial charge is 0.478 e. The van der Waals surface area contributed by atoms with Crippen LogP contribution >= 0.6 is 44.8 Å². The number of alkyl halides is 1. The number of carbonyl (C=O) groups excluding carboxylic acids is 2. The Morgan fingerprint density at radius 1 is 0.810 bits per heavy atom. The Hall–Kier alpha value is -2.13. The molecule has 3 aromatic carbocycles. The summed E-state index contributed by atoms with van der Waals surface area (Å²) in [4.78, 5) is 42.7. The Kier molecular flexibility index (Phi) is 18.1. The van der Waals surface area contributed by atoms with Crippen LogP contribution in [-0.2, 0) is 30.6 Å². The molecule has 224 valence electrons. The second-order valence-electron chi connectivity index (χ2n) is 6.59. The summed E-state index contributed by atoms with van der Waals surface area (Å²) in [5, 5.41) is 26.0. The van der Waals surface area contributed by atoms with Crippen molar-refractivity contribution in [3.63, 3.8) is 0 Å². The Morgan fingerprint density at radius 2 is 1.12 bits per heavy atom. The molecular weight excluding hydrogens is 668 g/mol. The third-order valence-corrected chi connectivity index (χ3v) is 4.47. The van der Waals surface area contributed by atoms with Crippen molar-refractivity contribution >= 4 is 86.2 Å². The first-order chi connectivity index (χ1) is 22.2. The number of hydrogen-bond donors (Lipinski definition) is 3. The van der Waals surface area contributed by atoms with Crippen LogP contribution in [-0.4, -0.2) is 64.1 Å². The minimum absolute atomic E-state index is 0. The molecule has 3 N–H and O–H groups in total. The zero-order valence-corrected chi connectivity index (χ0v) is 27.5. The molecule has 0 aromatic heterocycles. The van der Waals surface area contributed by atoms with E-state index >= 15 is 0 Å². The van der Waals surface area contributed by atoms with E-state index in [9.17, 15) is 19.2 Å². The first-order valence-corrected chi connectivity index (χ1v) is 13.6. The third-order valence-electron chi connectivity index (χ3n) is 4.11. The number of rotatable bonds is 6. The molecule has 0 aliphatic heterocycles. The number of hydrogen-bond acceptors (Lipinski definition) is 8. The predicted molar refractivity (Wildman–Crippen MR) is 163 cm³/mol. The fourth-order valence-electron chi connectivity index (χ4n) is 2.27. The van der Waals surface area contributed by atoms with E-state index in [-0.39, 0.29) is 57.4 Å². The average Bonchev–Trinajstić information content (AvgIpc) is 2.99. The molecule has 0 heterocycles. The van der Waals surface area contributed by atoms with Gasteiger partial charge in [-0.15, -0.1) is 11.6 Å². The van der Waals surface area contributed by atoms with Crippen molar-refractivity contribution in [3.8, 4) is 0 Å². The topological polar surface area (TPSA) is 164 Å². The van der Waals surface area contributed by atoms with Crippen LogP contribution in [0.1, 0.15) is 58.0 Å². The zero-order valence-electron chi connectivity index (χ0n) is 29.6. The average molecular weight is 702 g/mol. The molecule has 0 saturated carbocycles. The molecule has 42 heavy (non-hydrogen) atoms. The number of aromatic carboxylic acids is 2. The molecule has 0 bridgehead atoms. The number of methoxy groups -OCH3 is 1. The molecule has 0 radical (unpaired) electrons. The zero-order chi connectivity index (χ0) is 38.8. The third kappa shape index (κ3) is 19.1. The van der Waals surface area contributed by atoms with Gasteiger partial charge in [-0.05, 0) is 59.7 Å². The van der Waals surface area contributed by atoms with Gasteiger partial charge in [0.05, 0.1) is 38.7 Å². The maximum Gasteiger partial charge on any atom is 1.00 e. The quantitative estimate of drug-likeness (QED) is 0.148. The fourth-order valence-corrected chi connectivity index (χ4v) is 2.48. The summed E-state index contributed by atoms with van der Waals surface area (Å²) >= 11 is 10.3. The Bertz CT molecular complexity index is 1520. The van der Waals surface area contributed by atoms with Crippen molar-refractivity contribution in [2.45, 2.75) is 12.4 Å². The van der Waals surface area contributed by atoms with Crippen molar-refractivity contribution in [2.75, 3.05) is 7.11 Å². The molecular formula is C25H26BCl4NaO10S. The minimum atomic E-state index is -3.00. The normalized spacial score (nSPS) is 12.5. The molecule has 0 atom stereocenters. The van der Waals surface area contributed by atoms with E-state index in [0.29, 0.717) is 5.56 Å². The van der Waals surface area contributed by atoms with Gasteiger partial charge in [-0.3, -0.25) is 0 Å². The second-order valence-corrected chi connectivity index (χ2v) is 9.46. The molecule has 3 aromatic rings. The molecule has 0 amide bonds. The van der Waals surface area contributed by atoms with Crippen LogP contribution in [0.4, 0.5) is 0 Å². The summed E-state index contributed by atoms with van der Waals surface area (Å²) < 4.78 is 69.7. The van der Waals surface area contributed by atoms with Gasteiger partial charge in [-0.25, -0.2) is 28.7 Å². The van der Waals surface area contributed by atoms with Crippen LogP contribution < -0.4 is 29.6 Å². The molecule has 0 saturated heterocycles. The van der Waals surface area contributed by atoms with E-state index in [1.807, 2.05) is 0 Å². The molecule has 0 spiro atoms. The van der Waals surface area contributed by atoms with Crippen LogP contribution in [0, 0.1) is 0 Å². The van der Waals surface area contributed by atoms with Crippen molar-refractivity contribution in [3.05, 3.63) is 106 Å². The van der Waals surface area contributed by atoms with E-state index in [2.05, 4.69) is 30.4 Å². The van der Waals surface area contributed by atoms with E-state index in [1.54, 1.807) is 0 Å². The van der Waals surface area contributed by atoms with Gasteiger partial charge in [-0.1, -0.05) is 32.5 Å². The van der Waals surface area contributed by atoms with Crippen molar-refractivity contribution < 1.29 is 82.8 Å². The summed E-state index contributed by atoms with van der Waals surface area (Å²) in [6, 6.07) is 16.1. The Morgan fingerprint density at radius 3 is 1.43 bits per heavy atom. The summed E-state index contributed by atoms with van der Waals surface area (Å²) in [5.41, 5.74) is 1.10. The second kappa shape index (κ2) is 25.4. The summed E-state index contributed by atoms with van der Waals surface area (Å²) in [5.74, 6) is -5.20. The summed E-state index contributed by atoms with van der Waals surface area (Å²) in [7, 11) is 5.63. The number of carboxylic acid groups (broad SMARTS) is 2. The molecule has 3 rings (SSSR count). The van der Waals surface area contributed by atoms with Crippen LogP contribution in [0.2, 0.25) is 0 Å². The number of benzene rings is 3. The Balaban J connectivity index is -0.000000585. The van der Waals surface area contributed by atoms with Gasteiger partial charge in [0.15, 0.2) is 0 Å². The Labute approximate surface area is 298 Å². The largest absolute Gasteiger partial charge is 1.00 e. The van der Waals surface area contributed by atoms with Crippen molar-refractivity contribution in [2.24, 2.45) is 0 Å². The predicted octanol–water partition coefficient (Wildman–Crippen LogP) is 1.38. The van der Waals surface area contributed by atoms with Gasteiger partial charge in [-0.2, -0.15) is 0 Å². The molecule has 10 nitrogen and oxygen atoms in total. The van der Waals surface area contributed by atoms with Crippen LogP contribution in [0.3, 0.4) is 0 Å². The molecule has 0 aliphatic carbocycles. The molecule has 17 heteroatoms. The summed E-state index contributed by atoms with van der Waals surface area (Å²) in [6.45, 7) is -2.42. The van der Waals surface area contributed by atoms with Gasteiger partial charge in [0, 0.05) is 29.9 Å². The van der Waals surface area contributed by atoms with Gasteiger partial charge in [0.1, 0.15) is 11.9 Å². The maximum absolute atomic E-state index is 10.9. The van der Waals surface area contributed by atoms with E-state index in [4.69, 9.17) is 53.8 Å². The molecule has 0 aliphatic rings. The monoisotopic (exact) mass is 700 g/mol. The van der Waals surface area contributed by atoms with Gasteiger partial charge >= 0.3 is 53.4 Å². The van der Waals surface area contributed by atoms with Crippen LogP contribution in [0.5, 0.6) is 0 Å². The van der Waals surface area contributed by atoms with Crippen LogP contribution in [0.15, 0.2) is 72.8 Å². The SMILES string of the molecule is COC(=O)c1ccc(C(=O)O)cc1.O=S(Cl)Cl.[2H]C([2H])(Cl)c1ccc(C(=O)OCl)cc1.[2H]C([2H])(O)c1ccc(C(=O)O)cc1.[2H][B-]([2H])([2H])[2H].[Na+]. The minimum Gasteiger partial charge on any atom is -0.478 e. The standard InChI is InChI=1S/C9H8O4.C8H6Cl2O2.C8H8O3.BH4.Cl2OS.Na/c1-13-9(12)7-4-2-6(3-5-7)8(10)11;9-5-6-1-3-7(4-2-6)8(11)12-10;9-5-6-1-3-7(4-2-6)8(10)11;;1-4(2)3;/h2-5H,1H3,(H,10,11);1-4H,5H2;1-4,9H,5H2,(H,10,11);1H4;;/q;;;-1;;+1/i;2*5D2;1D4;;. The fraction of sp³-hybridized carbons (Fsp3) is 0.120.